The molecule has 0 aliphatic carbocycles. The Hall–Kier alpha value is -0.810. The quantitative estimate of drug-likeness (QED) is 0.722. The van der Waals surface area contributed by atoms with Gasteiger partial charge in [0.15, 0.2) is 0 Å². The fourth-order valence-corrected chi connectivity index (χ4v) is 2.38. The third-order valence-corrected chi connectivity index (χ3v) is 3.71. The zero-order valence-electron chi connectivity index (χ0n) is 11.6. The highest BCUT2D eigenvalue weighted by molar-refractivity contribution is 6.32. The normalized spacial score (nSPS) is 20.0. The number of aliphatic hydroxyl groups excluding tert-OH is 1. The predicted octanol–water partition coefficient (Wildman–Crippen LogP) is 2.10. The first kappa shape index (κ1) is 15.6. The van der Waals surface area contributed by atoms with E-state index in [2.05, 4.69) is 5.32 Å². The summed E-state index contributed by atoms with van der Waals surface area (Å²) in [5.41, 5.74) is 0. The molecular formula is C15H22ClNO3. The van der Waals surface area contributed by atoms with E-state index in [1.54, 1.807) is 12.1 Å². The lowest BCUT2D eigenvalue weighted by Gasteiger charge is -2.14. The van der Waals surface area contributed by atoms with Crippen LogP contribution in [0, 0.1) is 5.92 Å². The molecule has 2 N–H and O–H groups in total. The summed E-state index contributed by atoms with van der Waals surface area (Å²) in [5, 5.41) is 13.6. The van der Waals surface area contributed by atoms with E-state index >= 15 is 0 Å². The average molecular weight is 300 g/mol. The number of hydrogen-bond acceptors (Lipinski definition) is 4. The van der Waals surface area contributed by atoms with E-state index in [1.165, 1.54) is 0 Å². The molecule has 2 rings (SSSR count). The van der Waals surface area contributed by atoms with Gasteiger partial charge >= 0.3 is 0 Å². The molecule has 4 nitrogen and oxygen atoms in total. The number of nitrogens with one attached hydrogen (secondary N) is 1. The van der Waals surface area contributed by atoms with Crippen molar-refractivity contribution >= 4 is 11.6 Å². The predicted molar refractivity (Wildman–Crippen MR) is 79.4 cm³/mol. The molecule has 1 aromatic carbocycles. The lowest BCUT2D eigenvalue weighted by molar-refractivity contribution is 0.106. The second-order valence-corrected chi connectivity index (χ2v) is 5.52. The van der Waals surface area contributed by atoms with Crippen LogP contribution in [0.3, 0.4) is 0 Å². The third-order valence-electron chi connectivity index (χ3n) is 3.40. The molecule has 0 amide bonds. The van der Waals surface area contributed by atoms with Crippen molar-refractivity contribution in [3.63, 3.8) is 0 Å². The molecule has 5 heteroatoms. The van der Waals surface area contributed by atoms with Crippen molar-refractivity contribution in [2.75, 3.05) is 32.9 Å². The van der Waals surface area contributed by atoms with Gasteiger partial charge in [-0.25, -0.2) is 0 Å². The van der Waals surface area contributed by atoms with Crippen LogP contribution in [0.25, 0.3) is 0 Å². The van der Waals surface area contributed by atoms with E-state index in [0.717, 1.165) is 32.6 Å². The van der Waals surface area contributed by atoms with Gasteiger partial charge in [0.2, 0.25) is 0 Å². The minimum absolute atomic E-state index is 0.239. The van der Waals surface area contributed by atoms with Gasteiger partial charge in [-0.2, -0.15) is 0 Å². The topological polar surface area (TPSA) is 50.7 Å². The molecule has 1 fully saturated rings. The lowest BCUT2D eigenvalue weighted by atomic mass is 10.1. The molecule has 112 valence electrons. The van der Waals surface area contributed by atoms with E-state index in [4.69, 9.17) is 21.1 Å². The summed E-state index contributed by atoms with van der Waals surface area (Å²) < 4.78 is 10.8. The molecule has 1 saturated heterocycles. The van der Waals surface area contributed by atoms with E-state index in [0.29, 0.717) is 23.2 Å². The van der Waals surface area contributed by atoms with E-state index in [1.807, 2.05) is 12.1 Å². The van der Waals surface area contributed by atoms with Crippen molar-refractivity contribution in [3.05, 3.63) is 29.3 Å². The molecule has 20 heavy (non-hydrogen) atoms. The molecule has 2 atom stereocenters. The van der Waals surface area contributed by atoms with Crippen molar-refractivity contribution in [3.8, 4) is 5.75 Å². The van der Waals surface area contributed by atoms with Gasteiger partial charge in [-0.1, -0.05) is 23.7 Å². The monoisotopic (exact) mass is 299 g/mol. The Labute approximate surface area is 125 Å². The molecule has 0 spiro atoms. The van der Waals surface area contributed by atoms with Crippen molar-refractivity contribution in [1.29, 1.82) is 0 Å². The number of ether oxygens (including phenoxy) is 2. The number of rotatable bonds is 8. The summed E-state index contributed by atoms with van der Waals surface area (Å²) in [6, 6.07) is 7.27. The number of aliphatic hydroxyl groups is 1. The zero-order chi connectivity index (χ0) is 14.2. The summed E-state index contributed by atoms with van der Waals surface area (Å²) in [6.07, 6.45) is 1.71. The van der Waals surface area contributed by atoms with E-state index in [-0.39, 0.29) is 6.61 Å². The second kappa shape index (κ2) is 8.47. The van der Waals surface area contributed by atoms with Gasteiger partial charge in [-0.05, 0) is 37.4 Å². The van der Waals surface area contributed by atoms with Crippen molar-refractivity contribution < 1.29 is 14.6 Å². The van der Waals surface area contributed by atoms with Gasteiger partial charge in [0, 0.05) is 19.8 Å². The van der Waals surface area contributed by atoms with Gasteiger partial charge in [0.25, 0.3) is 0 Å². The standard InChI is InChI=1S/C15H22ClNO3/c16-14-3-1-2-4-15(14)20-11-13(18)9-17-7-5-12-6-8-19-10-12/h1-4,12-13,17-18H,5-11H2. The molecule has 2 unspecified atom stereocenters. The Morgan fingerprint density at radius 3 is 3.05 bits per heavy atom. The SMILES string of the molecule is OC(CNCCC1CCOC1)COc1ccccc1Cl. The Bertz CT molecular complexity index is 396. The van der Waals surface area contributed by atoms with Gasteiger partial charge in [-0.15, -0.1) is 0 Å². The molecular weight excluding hydrogens is 278 g/mol. The summed E-state index contributed by atoms with van der Waals surface area (Å²) >= 11 is 5.97. The highest BCUT2D eigenvalue weighted by Gasteiger charge is 2.15. The van der Waals surface area contributed by atoms with Crippen LogP contribution in [0.2, 0.25) is 5.02 Å². The second-order valence-electron chi connectivity index (χ2n) is 5.12. The zero-order valence-corrected chi connectivity index (χ0v) is 12.3. The first-order chi connectivity index (χ1) is 9.75. The van der Waals surface area contributed by atoms with Gasteiger partial charge in [0.1, 0.15) is 18.5 Å². The maximum Gasteiger partial charge on any atom is 0.138 e. The molecule has 1 aliphatic heterocycles. The molecule has 1 heterocycles. The minimum atomic E-state index is -0.536. The fourth-order valence-electron chi connectivity index (χ4n) is 2.19. The van der Waals surface area contributed by atoms with Crippen LogP contribution in [0.1, 0.15) is 12.8 Å². The number of benzene rings is 1. The molecule has 0 bridgehead atoms. The molecule has 1 aliphatic rings. The van der Waals surface area contributed by atoms with E-state index < -0.39 is 6.10 Å². The van der Waals surface area contributed by atoms with E-state index in [9.17, 15) is 5.11 Å². The van der Waals surface area contributed by atoms with Crippen LogP contribution < -0.4 is 10.1 Å². The fraction of sp³-hybridized carbons (Fsp3) is 0.600. The summed E-state index contributed by atoms with van der Waals surface area (Å²) in [5.74, 6) is 1.27. The van der Waals surface area contributed by atoms with Crippen molar-refractivity contribution in [1.82, 2.24) is 5.32 Å². The molecule has 0 saturated carbocycles. The smallest absolute Gasteiger partial charge is 0.138 e. The minimum Gasteiger partial charge on any atom is -0.489 e. The van der Waals surface area contributed by atoms with Gasteiger partial charge < -0.3 is 19.9 Å². The highest BCUT2D eigenvalue weighted by atomic mass is 35.5. The maximum atomic E-state index is 9.84. The van der Waals surface area contributed by atoms with Crippen LogP contribution in [0.15, 0.2) is 24.3 Å². The average Bonchev–Trinajstić information content (AvgIpc) is 2.96. The number of hydrogen-bond donors (Lipinski definition) is 2. The van der Waals surface area contributed by atoms with Gasteiger partial charge in [0.05, 0.1) is 5.02 Å². The number of para-hydroxylation sites is 1. The first-order valence-corrected chi connectivity index (χ1v) is 7.47. The summed E-state index contributed by atoms with van der Waals surface area (Å²) in [4.78, 5) is 0. The van der Waals surface area contributed by atoms with Crippen LogP contribution in [0.5, 0.6) is 5.75 Å². The largest absolute Gasteiger partial charge is 0.489 e. The molecule has 0 aromatic heterocycles. The van der Waals surface area contributed by atoms with Crippen LogP contribution in [-0.4, -0.2) is 44.1 Å². The third kappa shape index (κ3) is 5.29. The van der Waals surface area contributed by atoms with Crippen LogP contribution in [-0.2, 0) is 4.74 Å². The van der Waals surface area contributed by atoms with Crippen molar-refractivity contribution in [2.24, 2.45) is 5.92 Å². The van der Waals surface area contributed by atoms with Crippen molar-refractivity contribution in [2.45, 2.75) is 18.9 Å². The van der Waals surface area contributed by atoms with Crippen LogP contribution >= 0.6 is 11.6 Å². The summed E-state index contributed by atoms with van der Waals surface area (Å²) in [6.45, 7) is 3.43. The first-order valence-electron chi connectivity index (χ1n) is 7.09. The lowest BCUT2D eigenvalue weighted by Crippen LogP contribution is -2.32. The number of halogens is 1. The Morgan fingerprint density at radius 2 is 2.30 bits per heavy atom. The van der Waals surface area contributed by atoms with Gasteiger partial charge in [-0.3, -0.25) is 0 Å². The van der Waals surface area contributed by atoms with Crippen LogP contribution in [0.4, 0.5) is 0 Å². The molecule has 0 radical (unpaired) electrons. The summed E-state index contributed by atoms with van der Waals surface area (Å²) in [7, 11) is 0. The highest BCUT2D eigenvalue weighted by Crippen LogP contribution is 2.23. The molecule has 1 aromatic rings. The Morgan fingerprint density at radius 1 is 1.45 bits per heavy atom. The maximum absolute atomic E-state index is 9.84. The Kier molecular flexibility index (Phi) is 6.60. The Balaban J connectivity index is 1.56.